The minimum atomic E-state index is -4.96. The maximum absolute atomic E-state index is 12.6. The van der Waals surface area contributed by atoms with Crippen LogP contribution in [0.4, 0.5) is 8.68 Å². The fourth-order valence-electron chi connectivity index (χ4n) is 1.42. The van der Waals surface area contributed by atoms with Crippen molar-refractivity contribution in [1.82, 2.24) is 5.32 Å². The molecule has 9 heteroatoms. The number of rotatable bonds is 6. The Bertz CT molecular complexity index is 589. The number of amides is 1. The Hall–Kier alpha value is -2.16. The molecular formula is C12H14FNO6S. The molecule has 1 aromatic rings. The Labute approximate surface area is 121 Å². The Morgan fingerprint density at radius 2 is 1.90 bits per heavy atom. The lowest BCUT2D eigenvalue weighted by Gasteiger charge is -2.14. The highest BCUT2D eigenvalue weighted by Crippen LogP contribution is 2.02. The first kappa shape index (κ1) is 16.9. The lowest BCUT2D eigenvalue weighted by atomic mass is 10.2. The Morgan fingerprint density at radius 3 is 2.43 bits per heavy atom. The van der Waals surface area contributed by atoms with Crippen molar-refractivity contribution in [1.29, 1.82) is 0 Å². The number of hydrogen-bond donors (Lipinski definition) is 1. The van der Waals surface area contributed by atoms with E-state index < -0.39 is 34.1 Å². The van der Waals surface area contributed by atoms with E-state index in [1.165, 1.54) is 0 Å². The second-order valence-electron chi connectivity index (χ2n) is 3.99. The van der Waals surface area contributed by atoms with Crippen LogP contribution in [-0.2, 0) is 31.1 Å². The summed E-state index contributed by atoms with van der Waals surface area (Å²) in [5, 5.41) is 1.94. The number of hydrogen-bond acceptors (Lipinski definition) is 6. The predicted molar refractivity (Wildman–Crippen MR) is 70.5 cm³/mol. The summed E-state index contributed by atoms with van der Waals surface area (Å²) in [6.07, 6.45) is -1.06. The average Bonchev–Trinajstić information content (AvgIpc) is 2.43. The number of nitrogens with one attached hydrogen (secondary N) is 1. The van der Waals surface area contributed by atoms with Gasteiger partial charge in [-0.3, -0.25) is 0 Å². The van der Waals surface area contributed by atoms with Gasteiger partial charge in [-0.1, -0.05) is 30.3 Å². The molecule has 0 aliphatic heterocycles. The van der Waals surface area contributed by atoms with Gasteiger partial charge in [0.05, 0.1) is 7.11 Å². The minimum absolute atomic E-state index is 0.0804. The largest absolute Gasteiger partial charge is 0.467 e. The fraction of sp³-hybridized carbons (Fsp3) is 0.333. The van der Waals surface area contributed by atoms with E-state index >= 15 is 0 Å². The van der Waals surface area contributed by atoms with E-state index in [1.807, 2.05) is 5.32 Å². The molecule has 0 saturated heterocycles. The van der Waals surface area contributed by atoms with E-state index in [0.29, 0.717) is 5.56 Å². The maximum atomic E-state index is 12.6. The van der Waals surface area contributed by atoms with Crippen LogP contribution in [0.5, 0.6) is 0 Å². The molecule has 0 unspecified atom stereocenters. The number of esters is 1. The van der Waals surface area contributed by atoms with Gasteiger partial charge in [-0.05, 0) is 5.56 Å². The highest BCUT2D eigenvalue weighted by molar-refractivity contribution is 7.86. The minimum Gasteiger partial charge on any atom is -0.467 e. The van der Waals surface area contributed by atoms with Gasteiger partial charge in [-0.15, -0.1) is 3.89 Å². The van der Waals surface area contributed by atoms with Gasteiger partial charge in [0.2, 0.25) is 0 Å². The summed E-state index contributed by atoms with van der Waals surface area (Å²) in [7, 11) is -3.98. The summed E-state index contributed by atoms with van der Waals surface area (Å²) in [6.45, 7) is -0.0804. The van der Waals surface area contributed by atoms with E-state index in [0.717, 1.165) is 7.11 Å². The normalized spacial score (nSPS) is 12.3. The van der Waals surface area contributed by atoms with Gasteiger partial charge in [0.25, 0.3) is 0 Å². The zero-order chi connectivity index (χ0) is 15.9. The Morgan fingerprint density at radius 1 is 1.29 bits per heavy atom. The van der Waals surface area contributed by atoms with Crippen molar-refractivity contribution in [2.24, 2.45) is 0 Å². The standard InChI is InChI=1S/C12H14FNO6S/c1-19-11(15)10(8-21(13,17)18)14-12(16)20-7-9-5-3-2-4-6-9/h2-6,10H,7-8H2,1H3,(H,14,16)/t10-/m1/s1. The third-order valence-electron chi connectivity index (χ3n) is 2.36. The van der Waals surface area contributed by atoms with Crippen LogP contribution in [0.1, 0.15) is 5.56 Å². The van der Waals surface area contributed by atoms with E-state index in [9.17, 15) is 21.9 Å². The molecule has 1 N–H and O–H groups in total. The van der Waals surface area contributed by atoms with Crippen LogP contribution < -0.4 is 5.32 Å². The molecule has 0 aliphatic rings. The zero-order valence-electron chi connectivity index (χ0n) is 11.1. The number of ether oxygens (including phenoxy) is 2. The molecule has 0 saturated carbocycles. The number of benzene rings is 1. The summed E-state index contributed by atoms with van der Waals surface area (Å²) < 4.78 is 42.8. The van der Waals surface area contributed by atoms with Gasteiger partial charge in [0.1, 0.15) is 18.4 Å². The monoisotopic (exact) mass is 319 g/mol. The number of alkyl carbamates (subject to hydrolysis) is 1. The first-order valence-corrected chi connectivity index (χ1v) is 7.34. The quantitative estimate of drug-likeness (QED) is 0.614. The second-order valence-corrected chi connectivity index (χ2v) is 5.40. The van der Waals surface area contributed by atoms with Gasteiger partial charge < -0.3 is 14.8 Å². The van der Waals surface area contributed by atoms with Crippen molar-refractivity contribution < 1.29 is 31.4 Å². The van der Waals surface area contributed by atoms with Crippen molar-refractivity contribution in [3.63, 3.8) is 0 Å². The van der Waals surface area contributed by atoms with Gasteiger partial charge in [0, 0.05) is 0 Å². The van der Waals surface area contributed by atoms with E-state index in [2.05, 4.69) is 4.74 Å². The van der Waals surface area contributed by atoms with Crippen molar-refractivity contribution in [2.45, 2.75) is 12.6 Å². The van der Waals surface area contributed by atoms with Crippen LogP contribution in [0, 0.1) is 0 Å². The molecule has 21 heavy (non-hydrogen) atoms. The highest BCUT2D eigenvalue weighted by atomic mass is 32.3. The molecule has 7 nitrogen and oxygen atoms in total. The van der Waals surface area contributed by atoms with Crippen LogP contribution in [0.3, 0.4) is 0 Å². The molecule has 0 heterocycles. The van der Waals surface area contributed by atoms with E-state index in [-0.39, 0.29) is 6.61 Å². The van der Waals surface area contributed by atoms with E-state index in [4.69, 9.17) is 4.74 Å². The smallest absolute Gasteiger partial charge is 0.408 e. The maximum Gasteiger partial charge on any atom is 0.408 e. The molecule has 1 rings (SSSR count). The van der Waals surface area contributed by atoms with Crippen LogP contribution in [0.15, 0.2) is 30.3 Å². The first-order valence-electron chi connectivity index (χ1n) is 5.79. The molecular weight excluding hydrogens is 305 g/mol. The topological polar surface area (TPSA) is 98.8 Å². The number of carbonyl (C=O) groups excluding carboxylic acids is 2. The molecule has 1 amide bonds. The zero-order valence-corrected chi connectivity index (χ0v) is 11.9. The van der Waals surface area contributed by atoms with Crippen molar-refractivity contribution in [3.05, 3.63) is 35.9 Å². The molecule has 116 valence electrons. The van der Waals surface area contributed by atoms with E-state index in [1.54, 1.807) is 30.3 Å². The number of methoxy groups -OCH3 is 1. The van der Waals surface area contributed by atoms with Crippen molar-refractivity contribution in [2.75, 3.05) is 12.9 Å². The lowest BCUT2D eigenvalue weighted by Crippen LogP contribution is -2.45. The molecule has 0 radical (unpaired) electrons. The first-order chi connectivity index (χ1) is 9.81. The number of carbonyl (C=O) groups is 2. The summed E-state index contributed by atoms with van der Waals surface area (Å²) in [5.74, 6) is -2.31. The Kier molecular flexibility index (Phi) is 6.10. The fourth-order valence-corrected chi connectivity index (χ4v) is 2.03. The van der Waals surface area contributed by atoms with Crippen LogP contribution in [0.2, 0.25) is 0 Å². The van der Waals surface area contributed by atoms with Gasteiger partial charge in [-0.2, -0.15) is 8.42 Å². The van der Waals surface area contributed by atoms with Crippen LogP contribution in [-0.4, -0.2) is 39.4 Å². The van der Waals surface area contributed by atoms with Gasteiger partial charge in [-0.25, -0.2) is 9.59 Å². The second kappa shape index (κ2) is 7.58. The predicted octanol–water partition coefficient (Wildman–Crippen LogP) is 0.754. The third kappa shape index (κ3) is 6.70. The molecule has 0 fully saturated rings. The molecule has 0 aliphatic carbocycles. The van der Waals surface area contributed by atoms with Crippen LogP contribution >= 0.6 is 0 Å². The van der Waals surface area contributed by atoms with Gasteiger partial charge >= 0.3 is 22.3 Å². The lowest BCUT2D eigenvalue weighted by molar-refractivity contribution is -0.142. The number of halogens is 1. The molecule has 0 bridgehead atoms. The van der Waals surface area contributed by atoms with Crippen LogP contribution in [0.25, 0.3) is 0 Å². The SMILES string of the molecule is COC(=O)[C@@H](CS(=O)(=O)F)NC(=O)OCc1ccccc1. The van der Waals surface area contributed by atoms with Crippen molar-refractivity contribution >= 4 is 22.3 Å². The summed E-state index contributed by atoms with van der Waals surface area (Å²) in [6, 6.07) is 7.00. The molecule has 1 aromatic carbocycles. The molecule has 1 atom stereocenters. The van der Waals surface area contributed by atoms with Gasteiger partial charge in [0.15, 0.2) is 0 Å². The highest BCUT2D eigenvalue weighted by Gasteiger charge is 2.28. The van der Waals surface area contributed by atoms with Crippen molar-refractivity contribution in [3.8, 4) is 0 Å². The average molecular weight is 319 g/mol. The summed E-state index contributed by atoms with van der Waals surface area (Å²) in [4.78, 5) is 22.8. The molecule has 0 spiro atoms. The molecule has 0 aromatic heterocycles. The summed E-state index contributed by atoms with van der Waals surface area (Å²) in [5.41, 5.74) is 0.695. The third-order valence-corrected chi connectivity index (χ3v) is 3.09. The summed E-state index contributed by atoms with van der Waals surface area (Å²) >= 11 is 0. The Balaban J connectivity index is 2.58.